The maximum Gasteiger partial charge on any atom is 0.219 e. The third-order valence-electron chi connectivity index (χ3n) is 1.73. The van der Waals surface area contributed by atoms with Crippen molar-refractivity contribution >= 4 is 5.91 Å². The summed E-state index contributed by atoms with van der Waals surface area (Å²) in [4.78, 5) is 16.8. The summed E-state index contributed by atoms with van der Waals surface area (Å²) >= 11 is 0. The number of nitrogens with two attached hydrogens (primary N) is 1. The Morgan fingerprint density at radius 2 is 2.40 bits per heavy atom. The summed E-state index contributed by atoms with van der Waals surface area (Å²) in [7, 11) is 0. The van der Waals surface area contributed by atoms with E-state index in [1.54, 1.807) is 11.8 Å². The number of carbonyl (C=O) groups excluding carboxylic acids is 1. The van der Waals surface area contributed by atoms with Crippen LogP contribution in [0.5, 0.6) is 0 Å². The molecule has 0 atom stereocenters. The molecule has 4 heteroatoms. The van der Waals surface area contributed by atoms with Gasteiger partial charge >= 0.3 is 0 Å². The molecule has 0 radical (unpaired) electrons. The monoisotopic (exact) mass is 144 g/mol. The number of hydrogen-bond acceptors (Lipinski definition) is 3. The fourth-order valence-electron chi connectivity index (χ4n) is 1.07. The lowest BCUT2D eigenvalue weighted by Gasteiger charge is -2.37. The van der Waals surface area contributed by atoms with E-state index in [-0.39, 0.29) is 5.91 Å². The van der Waals surface area contributed by atoms with Crippen molar-refractivity contribution in [3.63, 3.8) is 0 Å². The van der Waals surface area contributed by atoms with Crippen molar-refractivity contribution in [2.75, 3.05) is 19.7 Å². The van der Waals surface area contributed by atoms with Crippen molar-refractivity contribution in [3.8, 4) is 0 Å². The van der Waals surface area contributed by atoms with Crippen molar-refractivity contribution in [3.05, 3.63) is 0 Å². The van der Waals surface area contributed by atoms with E-state index >= 15 is 0 Å². The highest BCUT2D eigenvalue weighted by molar-refractivity contribution is 5.74. The lowest BCUT2D eigenvalue weighted by Crippen LogP contribution is -2.51. The molecule has 0 bridgehead atoms. The first-order chi connectivity index (χ1) is 4.74. The molecule has 0 spiro atoms. The summed E-state index contributed by atoms with van der Waals surface area (Å²) in [6.07, 6.45) is 0. The van der Waals surface area contributed by atoms with E-state index in [4.69, 9.17) is 5.90 Å². The second kappa shape index (κ2) is 2.98. The Hall–Kier alpha value is -0.610. The van der Waals surface area contributed by atoms with Crippen LogP contribution in [0.2, 0.25) is 0 Å². The Morgan fingerprint density at radius 3 is 2.80 bits per heavy atom. The second-order valence-electron chi connectivity index (χ2n) is 2.62. The third kappa shape index (κ3) is 1.46. The molecule has 0 unspecified atom stereocenters. The summed E-state index contributed by atoms with van der Waals surface area (Å²) in [6.45, 7) is 3.72. The van der Waals surface area contributed by atoms with Gasteiger partial charge in [-0.1, -0.05) is 0 Å². The van der Waals surface area contributed by atoms with Gasteiger partial charge in [0.15, 0.2) is 0 Å². The van der Waals surface area contributed by atoms with E-state index in [0.29, 0.717) is 12.5 Å². The standard InChI is InChI=1S/C6H12N2O2/c1-5(9)8-2-6(3-8)4-10-7/h6H,2-4,7H2,1H3. The van der Waals surface area contributed by atoms with Crippen molar-refractivity contribution in [2.45, 2.75) is 6.92 Å². The molecule has 0 saturated carbocycles. The van der Waals surface area contributed by atoms with E-state index in [1.807, 2.05) is 0 Å². The Bertz CT molecular complexity index is 132. The van der Waals surface area contributed by atoms with Crippen LogP contribution in [-0.4, -0.2) is 30.5 Å². The largest absolute Gasteiger partial charge is 0.342 e. The summed E-state index contributed by atoms with van der Waals surface area (Å²) in [5.74, 6) is 5.44. The van der Waals surface area contributed by atoms with Gasteiger partial charge in [0.1, 0.15) is 0 Å². The van der Waals surface area contributed by atoms with Gasteiger partial charge in [-0.15, -0.1) is 0 Å². The summed E-state index contributed by atoms with van der Waals surface area (Å²) < 4.78 is 0. The molecule has 0 aromatic heterocycles. The highest BCUT2D eigenvalue weighted by Gasteiger charge is 2.28. The topological polar surface area (TPSA) is 55.6 Å². The van der Waals surface area contributed by atoms with Crippen LogP contribution in [-0.2, 0) is 9.63 Å². The zero-order chi connectivity index (χ0) is 7.56. The van der Waals surface area contributed by atoms with Crippen LogP contribution < -0.4 is 5.90 Å². The van der Waals surface area contributed by atoms with Crippen LogP contribution in [0.4, 0.5) is 0 Å². The number of carbonyl (C=O) groups is 1. The number of likely N-dealkylation sites (tertiary alicyclic amines) is 1. The van der Waals surface area contributed by atoms with E-state index in [1.165, 1.54) is 0 Å². The summed E-state index contributed by atoms with van der Waals surface area (Å²) in [5, 5.41) is 0. The number of rotatable bonds is 2. The first kappa shape index (κ1) is 7.50. The van der Waals surface area contributed by atoms with Gasteiger partial charge in [-0.2, -0.15) is 0 Å². The molecule has 1 aliphatic heterocycles. The molecule has 1 saturated heterocycles. The van der Waals surface area contributed by atoms with Crippen LogP contribution in [0.1, 0.15) is 6.92 Å². The molecule has 0 aromatic rings. The molecule has 4 nitrogen and oxygen atoms in total. The van der Waals surface area contributed by atoms with Gasteiger partial charge in [0.2, 0.25) is 5.91 Å². The molecule has 0 aromatic carbocycles. The average molecular weight is 144 g/mol. The maximum atomic E-state index is 10.6. The lowest BCUT2D eigenvalue weighted by molar-refractivity contribution is -0.136. The zero-order valence-corrected chi connectivity index (χ0v) is 6.04. The summed E-state index contributed by atoms with van der Waals surface area (Å²) in [6, 6.07) is 0. The first-order valence-electron chi connectivity index (χ1n) is 3.31. The molecule has 1 aliphatic rings. The van der Waals surface area contributed by atoms with Gasteiger partial charge in [0.25, 0.3) is 0 Å². The van der Waals surface area contributed by atoms with Gasteiger partial charge in [0.05, 0.1) is 6.61 Å². The molecule has 1 heterocycles. The van der Waals surface area contributed by atoms with E-state index in [9.17, 15) is 4.79 Å². The highest BCUT2D eigenvalue weighted by atomic mass is 16.6. The molecule has 2 N–H and O–H groups in total. The van der Waals surface area contributed by atoms with Gasteiger partial charge in [-0.05, 0) is 0 Å². The van der Waals surface area contributed by atoms with Crippen LogP contribution in [0.15, 0.2) is 0 Å². The number of hydrogen-bond donors (Lipinski definition) is 1. The predicted molar refractivity (Wildman–Crippen MR) is 35.9 cm³/mol. The fourth-order valence-corrected chi connectivity index (χ4v) is 1.07. The van der Waals surface area contributed by atoms with Crippen LogP contribution >= 0.6 is 0 Å². The highest BCUT2D eigenvalue weighted by Crippen LogP contribution is 2.14. The molecule has 58 valence electrons. The van der Waals surface area contributed by atoms with Crippen LogP contribution in [0, 0.1) is 5.92 Å². The number of nitrogens with zero attached hydrogens (tertiary/aromatic N) is 1. The van der Waals surface area contributed by atoms with Crippen molar-refractivity contribution in [2.24, 2.45) is 11.8 Å². The molecule has 1 fully saturated rings. The SMILES string of the molecule is CC(=O)N1CC(CON)C1. The Balaban J connectivity index is 2.12. The molecule has 10 heavy (non-hydrogen) atoms. The molecular weight excluding hydrogens is 132 g/mol. The van der Waals surface area contributed by atoms with E-state index < -0.39 is 0 Å². The quantitative estimate of drug-likeness (QED) is 0.524. The average Bonchev–Trinajstić information content (AvgIpc) is 1.76. The first-order valence-corrected chi connectivity index (χ1v) is 3.31. The Labute approximate surface area is 59.9 Å². The Kier molecular flexibility index (Phi) is 2.24. The minimum Gasteiger partial charge on any atom is -0.342 e. The molecular formula is C6H12N2O2. The van der Waals surface area contributed by atoms with Gasteiger partial charge in [-0.3, -0.25) is 4.79 Å². The molecule has 0 aliphatic carbocycles. The van der Waals surface area contributed by atoms with Crippen molar-refractivity contribution in [1.29, 1.82) is 0 Å². The van der Waals surface area contributed by atoms with Gasteiger partial charge in [0, 0.05) is 25.9 Å². The predicted octanol–water partition coefficient (Wildman–Crippen LogP) is -0.645. The molecule has 1 rings (SSSR count). The summed E-state index contributed by atoms with van der Waals surface area (Å²) in [5.41, 5.74) is 0. The van der Waals surface area contributed by atoms with Gasteiger partial charge in [-0.25, -0.2) is 5.90 Å². The second-order valence-corrected chi connectivity index (χ2v) is 2.62. The third-order valence-corrected chi connectivity index (χ3v) is 1.73. The smallest absolute Gasteiger partial charge is 0.219 e. The number of amides is 1. The van der Waals surface area contributed by atoms with Crippen LogP contribution in [0.25, 0.3) is 0 Å². The fraction of sp³-hybridized carbons (Fsp3) is 0.833. The Morgan fingerprint density at radius 1 is 1.80 bits per heavy atom. The lowest BCUT2D eigenvalue weighted by atomic mass is 10.0. The zero-order valence-electron chi connectivity index (χ0n) is 6.04. The van der Waals surface area contributed by atoms with Gasteiger partial charge < -0.3 is 9.74 Å². The van der Waals surface area contributed by atoms with Crippen molar-refractivity contribution in [1.82, 2.24) is 4.90 Å². The van der Waals surface area contributed by atoms with E-state index in [2.05, 4.69) is 4.84 Å². The minimum absolute atomic E-state index is 0.133. The van der Waals surface area contributed by atoms with Crippen molar-refractivity contribution < 1.29 is 9.63 Å². The van der Waals surface area contributed by atoms with Crippen LogP contribution in [0.3, 0.4) is 0 Å². The van der Waals surface area contributed by atoms with E-state index in [0.717, 1.165) is 13.1 Å². The minimum atomic E-state index is 0.133. The normalized spacial score (nSPS) is 18.8. The molecule has 1 amide bonds. The maximum absolute atomic E-state index is 10.6.